The van der Waals surface area contributed by atoms with Crippen LogP contribution in [-0.2, 0) is 22.6 Å². The first-order chi connectivity index (χ1) is 13.3. The molecule has 2 aromatic carbocycles. The zero-order valence-corrected chi connectivity index (χ0v) is 16.8. The molecule has 2 aromatic heterocycles. The molecule has 0 aliphatic rings. The van der Waals surface area contributed by atoms with Gasteiger partial charge in [0, 0.05) is 24.3 Å². The highest BCUT2D eigenvalue weighted by molar-refractivity contribution is 7.89. The number of benzene rings is 2. The number of carbonyl (C=O) groups excluding carboxylic acids is 1. The monoisotopic (exact) mass is 415 g/mol. The second kappa shape index (κ2) is 6.92. The van der Waals surface area contributed by atoms with Crippen LogP contribution in [0.4, 0.5) is 0 Å². The van der Waals surface area contributed by atoms with Crippen LogP contribution in [0.1, 0.15) is 16.1 Å². The number of carbonyl (C=O) groups is 1. The van der Waals surface area contributed by atoms with Crippen molar-refractivity contribution in [1.82, 2.24) is 9.99 Å². The quantitative estimate of drug-likeness (QED) is 0.519. The molecule has 0 saturated heterocycles. The smallest absolute Gasteiger partial charge is 0.307 e. The number of aromatic nitrogens is 1. The van der Waals surface area contributed by atoms with Crippen molar-refractivity contribution >= 4 is 48.3 Å². The van der Waals surface area contributed by atoms with Gasteiger partial charge >= 0.3 is 5.91 Å². The summed E-state index contributed by atoms with van der Waals surface area (Å²) in [6, 6.07) is 14.8. The van der Waals surface area contributed by atoms with Gasteiger partial charge in [0.1, 0.15) is 5.58 Å². The molecule has 4 rings (SSSR count). The molecule has 1 N–H and O–H groups in total. The van der Waals surface area contributed by atoms with Crippen LogP contribution in [-0.4, -0.2) is 25.1 Å². The number of rotatable bonds is 4. The number of hydrogen-bond acceptors (Lipinski definition) is 6. The number of amides is 1. The Morgan fingerprint density at radius 3 is 2.64 bits per heavy atom. The fourth-order valence-corrected chi connectivity index (χ4v) is 4.82. The van der Waals surface area contributed by atoms with Gasteiger partial charge in [-0.2, -0.15) is 0 Å². The predicted molar refractivity (Wildman–Crippen MR) is 109 cm³/mol. The third kappa shape index (κ3) is 3.46. The van der Waals surface area contributed by atoms with Crippen molar-refractivity contribution in [2.75, 3.05) is 6.26 Å². The molecule has 0 aliphatic heterocycles. The Bertz CT molecular complexity index is 1380. The average Bonchev–Trinajstić information content (AvgIpc) is 3.17. The predicted octanol–water partition coefficient (Wildman–Crippen LogP) is 2.78. The fraction of sp³-hybridized carbons (Fsp3) is 0.158. The van der Waals surface area contributed by atoms with E-state index in [2.05, 4.69) is 10.5 Å². The Balaban J connectivity index is 1.74. The van der Waals surface area contributed by atoms with Crippen molar-refractivity contribution in [2.45, 2.75) is 5.75 Å². The number of para-hydroxylation sites is 2. The van der Waals surface area contributed by atoms with Crippen molar-refractivity contribution in [2.24, 2.45) is 12.1 Å². The summed E-state index contributed by atoms with van der Waals surface area (Å²) in [6.45, 7) is 0. The van der Waals surface area contributed by atoms with Crippen molar-refractivity contribution in [3.05, 3.63) is 64.7 Å². The SMILES string of the molecule is Cn1/c(=N\NC(=O)c2oc3ccccc3c2CS(C)(=O)=O)sc2ccccc21. The molecule has 0 atom stereocenters. The molecule has 7 nitrogen and oxygen atoms in total. The van der Waals surface area contributed by atoms with Gasteiger partial charge in [0.15, 0.2) is 15.6 Å². The molecule has 144 valence electrons. The highest BCUT2D eigenvalue weighted by Gasteiger charge is 2.23. The molecule has 0 bridgehead atoms. The Hall–Kier alpha value is -2.91. The first-order valence-electron chi connectivity index (χ1n) is 8.40. The van der Waals surface area contributed by atoms with Crippen molar-refractivity contribution in [1.29, 1.82) is 0 Å². The first-order valence-corrected chi connectivity index (χ1v) is 11.3. The second-order valence-corrected chi connectivity index (χ2v) is 9.59. The highest BCUT2D eigenvalue weighted by atomic mass is 32.2. The number of sulfone groups is 1. The molecule has 0 radical (unpaired) electrons. The molecular weight excluding hydrogens is 398 g/mol. The van der Waals surface area contributed by atoms with Gasteiger partial charge in [0.25, 0.3) is 0 Å². The second-order valence-electron chi connectivity index (χ2n) is 6.44. The molecule has 0 aliphatic carbocycles. The third-order valence-electron chi connectivity index (χ3n) is 4.28. The van der Waals surface area contributed by atoms with Gasteiger partial charge in [-0.1, -0.05) is 41.7 Å². The summed E-state index contributed by atoms with van der Waals surface area (Å²) in [5.41, 5.74) is 4.29. The van der Waals surface area contributed by atoms with E-state index in [-0.39, 0.29) is 11.5 Å². The molecule has 0 fully saturated rings. The van der Waals surface area contributed by atoms with Crippen LogP contribution in [0.3, 0.4) is 0 Å². The van der Waals surface area contributed by atoms with E-state index in [1.165, 1.54) is 11.3 Å². The van der Waals surface area contributed by atoms with Crippen LogP contribution < -0.4 is 10.2 Å². The van der Waals surface area contributed by atoms with Gasteiger partial charge < -0.3 is 8.98 Å². The van der Waals surface area contributed by atoms with E-state index in [1.807, 2.05) is 35.9 Å². The lowest BCUT2D eigenvalue weighted by Gasteiger charge is -2.01. The summed E-state index contributed by atoms with van der Waals surface area (Å²) < 4.78 is 32.2. The Labute approximate surface area is 164 Å². The molecular formula is C19H17N3O4S2. The summed E-state index contributed by atoms with van der Waals surface area (Å²) in [7, 11) is -1.50. The topological polar surface area (TPSA) is 93.7 Å². The van der Waals surface area contributed by atoms with Crippen LogP contribution >= 0.6 is 11.3 Å². The zero-order chi connectivity index (χ0) is 19.9. The van der Waals surface area contributed by atoms with E-state index in [4.69, 9.17) is 4.42 Å². The van der Waals surface area contributed by atoms with Crippen molar-refractivity contribution in [3.8, 4) is 0 Å². The minimum Gasteiger partial charge on any atom is -0.451 e. The van der Waals surface area contributed by atoms with Crippen molar-refractivity contribution in [3.63, 3.8) is 0 Å². The number of nitrogens with zero attached hydrogens (tertiary/aromatic N) is 2. The summed E-state index contributed by atoms with van der Waals surface area (Å²) in [5.74, 6) is -0.921. The molecule has 0 spiro atoms. The Kier molecular flexibility index (Phi) is 4.56. The number of fused-ring (bicyclic) bond motifs is 2. The Morgan fingerprint density at radius 2 is 1.89 bits per heavy atom. The van der Waals surface area contributed by atoms with Gasteiger partial charge in [0.05, 0.1) is 16.0 Å². The van der Waals surface area contributed by atoms with Gasteiger partial charge in [-0.3, -0.25) is 4.79 Å². The lowest BCUT2D eigenvalue weighted by molar-refractivity contribution is 0.0926. The normalized spacial score (nSPS) is 12.7. The molecule has 9 heteroatoms. The summed E-state index contributed by atoms with van der Waals surface area (Å²) in [5, 5.41) is 4.80. The summed E-state index contributed by atoms with van der Waals surface area (Å²) >= 11 is 1.44. The lowest BCUT2D eigenvalue weighted by atomic mass is 10.1. The average molecular weight is 415 g/mol. The maximum absolute atomic E-state index is 12.7. The number of aryl methyl sites for hydroxylation is 1. The van der Waals surface area contributed by atoms with Crippen molar-refractivity contribution < 1.29 is 17.6 Å². The van der Waals surface area contributed by atoms with Crippen LogP contribution in [0, 0.1) is 0 Å². The van der Waals surface area contributed by atoms with Gasteiger partial charge in [-0.15, -0.1) is 5.10 Å². The van der Waals surface area contributed by atoms with Crippen LogP contribution in [0.25, 0.3) is 21.2 Å². The lowest BCUT2D eigenvalue weighted by Crippen LogP contribution is -2.24. The molecule has 2 heterocycles. The van der Waals surface area contributed by atoms with Gasteiger partial charge in [-0.25, -0.2) is 13.8 Å². The standard InChI is InChI=1S/C19H17N3O4S2/c1-22-14-8-4-6-10-16(14)27-19(22)21-20-18(23)17-13(11-28(2,24)25)12-7-3-5-9-15(12)26-17/h3-10H,11H2,1-2H3,(H,20,23)/b21-19+. The number of furan rings is 1. The number of nitrogens with one attached hydrogen (secondary N) is 1. The first kappa shape index (κ1) is 18.5. The number of hydrogen-bond donors (Lipinski definition) is 1. The Morgan fingerprint density at radius 1 is 1.18 bits per heavy atom. The zero-order valence-electron chi connectivity index (χ0n) is 15.2. The third-order valence-corrected chi connectivity index (χ3v) is 6.20. The minimum absolute atomic E-state index is 0.0425. The summed E-state index contributed by atoms with van der Waals surface area (Å²) in [4.78, 5) is 13.3. The van der Waals surface area contributed by atoms with E-state index in [0.29, 0.717) is 21.3 Å². The number of thiazole rings is 1. The van der Waals surface area contributed by atoms with Crippen LogP contribution in [0.2, 0.25) is 0 Å². The van der Waals surface area contributed by atoms with Crippen LogP contribution in [0.15, 0.2) is 58.0 Å². The minimum atomic E-state index is -3.36. The molecule has 0 unspecified atom stereocenters. The maximum Gasteiger partial charge on any atom is 0.307 e. The molecule has 28 heavy (non-hydrogen) atoms. The highest BCUT2D eigenvalue weighted by Crippen LogP contribution is 2.27. The van der Waals surface area contributed by atoms with E-state index in [9.17, 15) is 13.2 Å². The largest absolute Gasteiger partial charge is 0.451 e. The van der Waals surface area contributed by atoms with E-state index >= 15 is 0 Å². The van der Waals surface area contributed by atoms with E-state index < -0.39 is 15.7 Å². The fourth-order valence-electron chi connectivity index (χ4n) is 3.03. The molecule has 4 aromatic rings. The van der Waals surface area contributed by atoms with Gasteiger partial charge in [-0.05, 0) is 18.2 Å². The maximum atomic E-state index is 12.7. The summed E-state index contributed by atoms with van der Waals surface area (Å²) in [6.07, 6.45) is 1.12. The van der Waals surface area contributed by atoms with Gasteiger partial charge in [0.2, 0.25) is 4.80 Å². The van der Waals surface area contributed by atoms with Crippen LogP contribution in [0.5, 0.6) is 0 Å². The molecule has 1 amide bonds. The van der Waals surface area contributed by atoms with E-state index in [1.54, 1.807) is 24.3 Å². The molecule has 0 saturated carbocycles. The van der Waals surface area contributed by atoms with E-state index in [0.717, 1.165) is 16.5 Å².